The number of aryl methyl sites for hydroxylation is 1. The Morgan fingerprint density at radius 3 is 3.05 bits per heavy atom. The van der Waals surface area contributed by atoms with Gasteiger partial charge in [0.05, 0.1) is 0 Å². The van der Waals surface area contributed by atoms with E-state index in [-0.39, 0.29) is 0 Å². The van der Waals surface area contributed by atoms with Crippen LogP contribution < -0.4 is 4.72 Å². The zero-order valence-electron chi connectivity index (χ0n) is 11.5. The van der Waals surface area contributed by atoms with Crippen LogP contribution in [0.15, 0.2) is 6.07 Å². The summed E-state index contributed by atoms with van der Waals surface area (Å²) in [4.78, 5) is 0. The Kier molecular flexibility index (Phi) is 4.46. The van der Waals surface area contributed by atoms with Crippen molar-refractivity contribution >= 4 is 16.0 Å². The zero-order chi connectivity index (χ0) is 13.9. The third kappa shape index (κ3) is 3.70. The number of hydrogen-bond acceptors (Lipinski definition) is 3. The van der Waals surface area contributed by atoms with Crippen LogP contribution in [-0.4, -0.2) is 36.0 Å². The van der Waals surface area contributed by atoms with Crippen LogP contribution in [0.1, 0.15) is 38.8 Å². The Bertz CT molecular complexity index is 512. The van der Waals surface area contributed by atoms with Gasteiger partial charge >= 0.3 is 10.2 Å². The van der Waals surface area contributed by atoms with Crippen molar-refractivity contribution in [3.8, 4) is 0 Å². The van der Waals surface area contributed by atoms with Gasteiger partial charge in [-0.2, -0.15) is 17.8 Å². The van der Waals surface area contributed by atoms with E-state index in [9.17, 15) is 8.42 Å². The molecule has 1 aromatic rings. The van der Waals surface area contributed by atoms with Crippen molar-refractivity contribution in [2.45, 2.75) is 39.5 Å². The van der Waals surface area contributed by atoms with Gasteiger partial charge in [-0.3, -0.25) is 9.82 Å². The first-order valence-corrected chi connectivity index (χ1v) is 8.27. The third-order valence-corrected chi connectivity index (χ3v) is 4.82. The fourth-order valence-electron chi connectivity index (χ4n) is 2.37. The van der Waals surface area contributed by atoms with E-state index in [0.29, 0.717) is 24.8 Å². The van der Waals surface area contributed by atoms with Crippen LogP contribution >= 0.6 is 0 Å². The molecule has 1 saturated heterocycles. The number of anilines is 1. The molecule has 7 heteroatoms. The molecular formula is C12H22N4O2S. The van der Waals surface area contributed by atoms with Crippen LogP contribution in [0, 0.1) is 5.92 Å². The van der Waals surface area contributed by atoms with Crippen LogP contribution in [0.25, 0.3) is 0 Å². The van der Waals surface area contributed by atoms with Crippen LogP contribution in [0.3, 0.4) is 0 Å². The molecule has 19 heavy (non-hydrogen) atoms. The average Bonchev–Trinajstić information content (AvgIpc) is 2.76. The van der Waals surface area contributed by atoms with Gasteiger partial charge < -0.3 is 0 Å². The maximum Gasteiger partial charge on any atom is 0.302 e. The van der Waals surface area contributed by atoms with E-state index in [0.717, 1.165) is 31.4 Å². The fraction of sp³-hybridized carbons (Fsp3) is 0.750. The number of H-pyrrole nitrogens is 1. The van der Waals surface area contributed by atoms with Gasteiger partial charge in [0.25, 0.3) is 0 Å². The van der Waals surface area contributed by atoms with Gasteiger partial charge in [-0.05, 0) is 25.2 Å². The summed E-state index contributed by atoms with van der Waals surface area (Å²) < 4.78 is 28.5. The van der Waals surface area contributed by atoms with E-state index in [4.69, 9.17) is 0 Å². The SMILES string of the molecule is CCCc1cc(NS(=O)(=O)N2CCCC(C)C2)n[nH]1. The Morgan fingerprint density at radius 1 is 1.58 bits per heavy atom. The Hall–Kier alpha value is -1.08. The summed E-state index contributed by atoms with van der Waals surface area (Å²) in [5.74, 6) is 0.793. The fourth-order valence-corrected chi connectivity index (χ4v) is 3.69. The first-order valence-electron chi connectivity index (χ1n) is 6.83. The molecule has 0 amide bonds. The number of nitrogens with zero attached hydrogens (tertiary/aromatic N) is 2. The van der Waals surface area contributed by atoms with Crippen molar-refractivity contribution in [1.29, 1.82) is 0 Å². The third-order valence-electron chi connectivity index (χ3n) is 3.34. The standard InChI is InChI=1S/C12H22N4O2S/c1-3-5-11-8-12(14-13-11)15-19(17,18)16-7-4-6-10(2)9-16/h8,10H,3-7,9H2,1-2H3,(H2,13,14,15). The number of aromatic amines is 1. The van der Waals surface area contributed by atoms with Crippen molar-refractivity contribution in [1.82, 2.24) is 14.5 Å². The molecule has 0 aromatic carbocycles. The van der Waals surface area contributed by atoms with Crippen LogP contribution in [0.5, 0.6) is 0 Å². The molecule has 2 rings (SSSR count). The molecule has 2 heterocycles. The lowest BCUT2D eigenvalue weighted by Crippen LogP contribution is -2.42. The normalized spacial score (nSPS) is 21.5. The number of aromatic nitrogens is 2. The monoisotopic (exact) mass is 286 g/mol. The smallest absolute Gasteiger partial charge is 0.280 e. The molecule has 6 nitrogen and oxygen atoms in total. The van der Waals surface area contributed by atoms with E-state index in [1.807, 2.05) is 0 Å². The summed E-state index contributed by atoms with van der Waals surface area (Å²) in [7, 11) is -3.47. The second kappa shape index (κ2) is 5.92. The molecule has 1 unspecified atom stereocenters. The first kappa shape index (κ1) is 14.3. The highest BCUT2D eigenvalue weighted by Crippen LogP contribution is 2.19. The van der Waals surface area contributed by atoms with Gasteiger partial charge in [-0.1, -0.05) is 20.3 Å². The van der Waals surface area contributed by atoms with Crippen molar-refractivity contribution in [3.05, 3.63) is 11.8 Å². The molecule has 1 fully saturated rings. The lowest BCUT2D eigenvalue weighted by molar-refractivity contribution is 0.282. The number of hydrogen-bond donors (Lipinski definition) is 2. The summed E-state index contributed by atoms with van der Waals surface area (Å²) in [6.45, 7) is 5.32. The molecule has 0 spiro atoms. The Balaban J connectivity index is 2.03. The van der Waals surface area contributed by atoms with Gasteiger partial charge in [-0.15, -0.1) is 0 Å². The highest BCUT2D eigenvalue weighted by atomic mass is 32.2. The maximum atomic E-state index is 12.2. The van der Waals surface area contributed by atoms with E-state index in [1.54, 1.807) is 6.07 Å². The molecule has 1 atom stereocenters. The van der Waals surface area contributed by atoms with Crippen molar-refractivity contribution in [3.63, 3.8) is 0 Å². The largest absolute Gasteiger partial charge is 0.302 e. The van der Waals surface area contributed by atoms with Crippen molar-refractivity contribution in [2.24, 2.45) is 5.92 Å². The predicted octanol–water partition coefficient (Wildman–Crippen LogP) is 1.75. The van der Waals surface area contributed by atoms with Crippen LogP contribution in [0.4, 0.5) is 5.82 Å². The molecule has 2 N–H and O–H groups in total. The van der Waals surface area contributed by atoms with Crippen molar-refractivity contribution in [2.75, 3.05) is 17.8 Å². The molecule has 1 aliphatic heterocycles. The Labute approximate surface area is 114 Å². The lowest BCUT2D eigenvalue weighted by atomic mass is 10.0. The molecule has 0 radical (unpaired) electrons. The summed E-state index contributed by atoms with van der Waals surface area (Å²) >= 11 is 0. The number of rotatable bonds is 5. The molecule has 0 bridgehead atoms. The van der Waals surface area contributed by atoms with Crippen molar-refractivity contribution < 1.29 is 8.42 Å². The maximum absolute atomic E-state index is 12.2. The van der Waals surface area contributed by atoms with Gasteiger partial charge in [0, 0.05) is 24.8 Å². The van der Waals surface area contributed by atoms with Gasteiger partial charge in [0.1, 0.15) is 0 Å². The van der Waals surface area contributed by atoms with Crippen LogP contribution in [0.2, 0.25) is 0 Å². The summed E-state index contributed by atoms with van der Waals surface area (Å²) in [6, 6.07) is 1.76. The minimum absolute atomic E-state index is 0.377. The highest BCUT2D eigenvalue weighted by Gasteiger charge is 2.27. The second-order valence-electron chi connectivity index (χ2n) is 5.24. The average molecular weight is 286 g/mol. The molecule has 0 aliphatic carbocycles. The predicted molar refractivity (Wildman–Crippen MR) is 75.1 cm³/mol. The zero-order valence-corrected chi connectivity index (χ0v) is 12.3. The quantitative estimate of drug-likeness (QED) is 0.865. The highest BCUT2D eigenvalue weighted by molar-refractivity contribution is 7.90. The number of piperidine rings is 1. The molecule has 0 saturated carbocycles. The Morgan fingerprint density at radius 2 is 2.37 bits per heavy atom. The number of nitrogens with one attached hydrogen (secondary N) is 2. The van der Waals surface area contributed by atoms with E-state index in [1.165, 1.54) is 4.31 Å². The summed E-state index contributed by atoms with van der Waals surface area (Å²) in [5.41, 5.74) is 0.951. The summed E-state index contributed by atoms with van der Waals surface area (Å²) in [5, 5.41) is 6.84. The van der Waals surface area contributed by atoms with Gasteiger partial charge in [0.2, 0.25) is 0 Å². The molecule has 108 valence electrons. The van der Waals surface area contributed by atoms with Gasteiger partial charge in [-0.25, -0.2) is 0 Å². The van der Waals surface area contributed by atoms with Gasteiger partial charge in [0.15, 0.2) is 5.82 Å². The second-order valence-corrected chi connectivity index (χ2v) is 6.91. The first-order chi connectivity index (χ1) is 9.01. The molecular weight excluding hydrogens is 264 g/mol. The summed E-state index contributed by atoms with van der Waals surface area (Å²) in [6.07, 6.45) is 3.88. The minimum Gasteiger partial charge on any atom is -0.280 e. The van der Waals surface area contributed by atoms with E-state index >= 15 is 0 Å². The minimum atomic E-state index is -3.47. The molecule has 1 aliphatic rings. The molecule has 1 aromatic heterocycles. The van der Waals surface area contributed by atoms with E-state index < -0.39 is 10.2 Å². The topological polar surface area (TPSA) is 78.1 Å². The van der Waals surface area contributed by atoms with E-state index in [2.05, 4.69) is 28.8 Å². The van der Waals surface area contributed by atoms with Crippen LogP contribution in [-0.2, 0) is 16.6 Å². The lowest BCUT2D eigenvalue weighted by Gasteiger charge is -2.29.